The molecule has 2 aliphatic rings. The van der Waals surface area contributed by atoms with Crippen LogP contribution in [-0.2, 0) is 25.7 Å². The monoisotopic (exact) mass is 734 g/mol. The van der Waals surface area contributed by atoms with Crippen molar-refractivity contribution in [3.63, 3.8) is 0 Å². The lowest BCUT2D eigenvalue weighted by Gasteiger charge is -2.06. The summed E-state index contributed by atoms with van der Waals surface area (Å²) in [5.41, 5.74) is 22.6. The van der Waals surface area contributed by atoms with Crippen LogP contribution in [0.1, 0.15) is 148 Å². The summed E-state index contributed by atoms with van der Waals surface area (Å²) in [6.07, 6.45) is 7.03. The molecule has 0 amide bonds. The summed E-state index contributed by atoms with van der Waals surface area (Å²) in [5.74, 6) is 14.3. The van der Waals surface area contributed by atoms with E-state index in [1.165, 1.54) is 44.5 Å². The third-order valence-electron chi connectivity index (χ3n) is 11.4. The normalized spacial score (nSPS) is 12.4. The minimum Gasteiger partial charge on any atom is -0.353 e. The van der Waals surface area contributed by atoms with Crippen molar-refractivity contribution in [1.29, 1.82) is 0 Å². The number of fused-ring (bicyclic) bond motifs is 10. The maximum atomic E-state index is 5.61. The average Bonchev–Trinajstić information content (AvgIpc) is 3.99. The van der Waals surface area contributed by atoms with Gasteiger partial charge in [-0.3, -0.25) is 0 Å². The van der Waals surface area contributed by atoms with E-state index in [9.17, 15) is 0 Å². The van der Waals surface area contributed by atoms with Crippen molar-refractivity contribution in [3.8, 4) is 23.7 Å². The Hall–Kier alpha value is -5.84. The number of hydrogen-bond donors (Lipinski definition) is 2. The number of aromatic nitrogens is 4. The van der Waals surface area contributed by atoms with Crippen molar-refractivity contribution < 1.29 is 0 Å². The molecule has 0 fully saturated rings. The molecular weight excluding hydrogens is 681 g/mol. The molecule has 4 nitrogen and oxygen atoms in total. The number of rotatable bonds is 8. The molecule has 0 saturated carbocycles. The minimum absolute atomic E-state index is 0.862. The van der Waals surface area contributed by atoms with E-state index >= 15 is 0 Å². The molecule has 0 atom stereocenters. The Bertz CT molecular complexity index is 2470. The van der Waals surface area contributed by atoms with Gasteiger partial charge in [-0.05, 0) is 132 Å². The summed E-state index contributed by atoms with van der Waals surface area (Å²) >= 11 is 0. The van der Waals surface area contributed by atoms with Gasteiger partial charge >= 0.3 is 0 Å². The fourth-order valence-electron chi connectivity index (χ4n) is 8.82. The number of H-pyrrole nitrogens is 2. The van der Waals surface area contributed by atoms with Gasteiger partial charge in [0.05, 0.1) is 44.9 Å². The molecule has 0 aliphatic carbocycles. The van der Waals surface area contributed by atoms with Gasteiger partial charge in [0.2, 0.25) is 0 Å². The molecule has 0 spiro atoms. The number of aryl methyl sites for hydroxylation is 4. The zero-order chi connectivity index (χ0) is 39.3. The fraction of sp³-hybridized carbons (Fsp3) is 0.308. The Morgan fingerprint density at radius 1 is 0.393 bits per heavy atom. The van der Waals surface area contributed by atoms with E-state index < -0.39 is 0 Å². The van der Waals surface area contributed by atoms with Gasteiger partial charge in [0.15, 0.2) is 0 Å². The average molecular weight is 735 g/mol. The smallest absolute Gasteiger partial charge is 0.0910 e. The predicted molar refractivity (Wildman–Crippen MR) is 238 cm³/mol. The second-order valence-electron chi connectivity index (χ2n) is 14.5. The number of nitrogens with one attached hydrogen (secondary N) is 2. The molecule has 56 heavy (non-hydrogen) atoms. The standard InChI is InChI=1S/C52H54N4/c1-9-37-39(11-3)49-51-43(15-7)41(13-5)48(55-51)36(30-28-34-25-21-18-22-26-34)32-46-38(10-2)40(12-4)50(54-46)52-44(16-8)42(14-6)47(56-52)35(31-45(37)53-49)29-27-33-23-19-17-20-24-33/h17-26,31-32,53-54H,9-16H2,1-8H3. The summed E-state index contributed by atoms with van der Waals surface area (Å²) in [4.78, 5) is 19.2. The number of hydrogen-bond acceptors (Lipinski definition) is 2. The van der Waals surface area contributed by atoms with Gasteiger partial charge in [0, 0.05) is 22.2 Å². The van der Waals surface area contributed by atoms with Gasteiger partial charge in [0.25, 0.3) is 0 Å². The van der Waals surface area contributed by atoms with Gasteiger partial charge in [-0.2, -0.15) is 0 Å². The Morgan fingerprint density at radius 2 is 0.732 bits per heavy atom. The summed E-state index contributed by atoms with van der Waals surface area (Å²) < 4.78 is 0. The van der Waals surface area contributed by atoms with E-state index in [0.717, 1.165) is 118 Å². The van der Waals surface area contributed by atoms with E-state index in [1.54, 1.807) is 0 Å². The van der Waals surface area contributed by atoms with Gasteiger partial charge in [-0.25, -0.2) is 9.97 Å². The maximum Gasteiger partial charge on any atom is 0.0910 e. The number of benzene rings is 2. The molecule has 8 bridgehead atoms. The first-order valence-corrected chi connectivity index (χ1v) is 20.9. The number of nitrogens with zero attached hydrogens (tertiary/aromatic N) is 2. The van der Waals surface area contributed by atoms with Crippen LogP contribution in [0.5, 0.6) is 0 Å². The van der Waals surface area contributed by atoms with Crippen LogP contribution in [0.25, 0.3) is 44.4 Å². The van der Waals surface area contributed by atoms with Crippen LogP contribution in [0, 0.1) is 23.7 Å². The summed E-state index contributed by atoms with van der Waals surface area (Å²) in [7, 11) is 0. The lowest BCUT2D eigenvalue weighted by atomic mass is 9.95. The highest BCUT2D eigenvalue weighted by Crippen LogP contribution is 2.42. The third kappa shape index (κ3) is 6.95. The molecule has 2 aromatic carbocycles. The molecule has 0 unspecified atom stereocenters. The highest BCUT2D eigenvalue weighted by Gasteiger charge is 2.27. The van der Waals surface area contributed by atoms with Crippen LogP contribution in [0.3, 0.4) is 0 Å². The van der Waals surface area contributed by atoms with Crippen LogP contribution in [-0.4, -0.2) is 19.9 Å². The second-order valence-corrected chi connectivity index (χ2v) is 14.5. The quantitative estimate of drug-likeness (QED) is 0.156. The van der Waals surface area contributed by atoms with Crippen LogP contribution in [0.4, 0.5) is 0 Å². The summed E-state index contributed by atoms with van der Waals surface area (Å²) in [5, 5.41) is 0. The molecule has 2 aliphatic heterocycles. The molecule has 2 N–H and O–H groups in total. The molecule has 5 aromatic rings. The van der Waals surface area contributed by atoms with Crippen LogP contribution in [0.15, 0.2) is 72.8 Å². The zero-order valence-corrected chi connectivity index (χ0v) is 34.5. The van der Waals surface area contributed by atoms with Crippen molar-refractivity contribution in [2.24, 2.45) is 0 Å². The van der Waals surface area contributed by atoms with E-state index in [4.69, 9.17) is 9.97 Å². The maximum absolute atomic E-state index is 5.61. The molecule has 3 aromatic heterocycles. The van der Waals surface area contributed by atoms with Gasteiger partial charge < -0.3 is 9.97 Å². The molecule has 7 rings (SSSR count). The molecule has 0 saturated heterocycles. The van der Waals surface area contributed by atoms with Crippen molar-refractivity contribution >= 4 is 44.4 Å². The van der Waals surface area contributed by atoms with Gasteiger partial charge in [-0.15, -0.1) is 0 Å². The topological polar surface area (TPSA) is 57.4 Å². The first kappa shape index (κ1) is 38.4. The van der Waals surface area contributed by atoms with E-state index in [2.05, 4.69) is 125 Å². The Balaban J connectivity index is 1.75. The molecule has 4 heteroatoms. The Morgan fingerprint density at radius 3 is 1.05 bits per heavy atom. The fourth-order valence-corrected chi connectivity index (χ4v) is 8.82. The van der Waals surface area contributed by atoms with Crippen LogP contribution >= 0.6 is 0 Å². The van der Waals surface area contributed by atoms with Crippen molar-refractivity contribution in [2.75, 3.05) is 0 Å². The molecule has 0 radical (unpaired) electrons. The Labute approximate surface area is 333 Å². The molecule has 5 heterocycles. The first-order valence-electron chi connectivity index (χ1n) is 20.9. The van der Waals surface area contributed by atoms with Gasteiger partial charge in [0.1, 0.15) is 0 Å². The number of allylic oxidation sites excluding steroid dienone is 4. The third-order valence-corrected chi connectivity index (χ3v) is 11.4. The van der Waals surface area contributed by atoms with E-state index in [0.29, 0.717) is 0 Å². The lowest BCUT2D eigenvalue weighted by Crippen LogP contribution is -1.91. The van der Waals surface area contributed by atoms with E-state index in [1.807, 2.05) is 36.4 Å². The Kier molecular flexibility index (Phi) is 11.6. The minimum atomic E-state index is 0.862. The molecular formula is C52H54N4. The summed E-state index contributed by atoms with van der Waals surface area (Å²) in [6, 6.07) is 25.1. The van der Waals surface area contributed by atoms with Crippen molar-refractivity contribution in [2.45, 2.75) is 107 Å². The van der Waals surface area contributed by atoms with Crippen molar-refractivity contribution in [1.82, 2.24) is 19.9 Å². The largest absolute Gasteiger partial charge is 0.353 e. The predicted octanol–water partition coefficient (Wildman–Crippen LogP) is 12.8. The molecule has 282 valence electrons. The first-order chi connectivity index (χ1) is 27.4. The van der Waals surface area contributed by atoms with Crippen molar-refractivity contribution in [3.05, 3.63) is 140 Å². The lowest BCUT2D eigenvalue weighted by molar-refractivity contribution is 1.07. The van der Waals surface area contributed by atoms with Gasteiger partial charge in [-0.1, -0.05) is 115 Å². The second kappa shape index (κ2) is 16.9. The zero-order valence-electron chi connectivity index (χ0n) is 34.5. The van der Waals surface area contributed by atoms with Crippen LogP contribution < -0.4 is 0 Å². The number of aromatic amines is 2. The van der Waals surface area contributed by atoms with E-state index in [-0.39, 0.29) is 0 Å². The highest BCUT2D eigenvalue weighted by molar-refractivity contribution is 6.01. The van der Waals surface area contributed by atoms with Crippen LogP contribution in [0.2, 0.25) is 0 Å². The highest BCUT2D eigenvalue weighted by atomic mass is 14.8. The summed E-state index contributed by atoms with van der Waals surface area (Å²) in [6.45, 7) is 18.1. The SMILES string of the molecule is CCC1=C(CC)c2nc1c(C#Cc1ccccc1)cc1[nH]c(c3nc(c(C#Cc4ccccc4)cc4[nH]c2c(CC)c4CC)C(CC)=C3CC)c(CC)c1CC.